The number of anilines is 1. The molecule has 1 aromatic heterocycles. The van der Waals surface area contributed by atoms with Crippen LogP contribution >= 0.6 is 0 Å². The summed E-state index contributed by atoms with van der Waals surface area (Å²) in [6.45, 7) is 5.29. The first-order valence-corrected chi connectivity index (χ1v) is 12.2. The third-order valence-electron chi connectivity index (χ3n) is 7.08. The number of nitrogens with zero attached hydrogens (tertiary/aromatic N) is 3. The fourth-order valence-electron chi connectivity index (χ4n) is 5.39. The Kier molecular flexibility index (Phi) is 6.40. The molecule has 7 heteroatoms. The molecule has 33 heavy (non-hydrogen) atoms. The number of hydrogen-bond acceptors (Lipinski definition) is 5. The summed E-state index contributed by atoms with van der Waals surface area (Å²) in [4.78, 5) is 11.4. The van der Waals surface area contributed by atoms with Crippen molar-refractivity contribution in [3.8, 4) is 5.75 Å². The second-order valence-electron chi connectivity index (χ2n) is 9.51. The monoisotopic (exact) mass is 449 g/mol. The van der Waals surface area contributed by atoms with Crippen LogP contribution in [0.4, 0.5) is 5.82 Å². The molecule has 1 aromatic carbocycles. The molecule has 3 aliphatic rings. The Hall–Kier alpha value is -2.80. The van der Waals surface area contributed by atoms with Crippen molar-refractivity contribution in [1.29, 1.82) is 0 Å². The molecule has 2 unspecified atom stereocenters. The first-order valence-electron chi connectivity index (χ1n) is 12.2. The van der Waals surface area contributed by atoms with Gasteiger partial charge in [0.2, 0.25) is 0 Å². The highest BCUT2D eigenvalue weighted by Gasteiger charge is 2.43. The summed E-state index contributed by atoms with van der Waals surface area (Å²) in [6.07, 6.45) is 7.84. The van der Waals surface area contributed by atoms with Gasteiger partial charge in [-0.15, -0.1) is 0 Å². The second-order valence-corrected chi connectivity index (χ2v) is 9.51. The molecule has 2 aromatic rings. The lowest BCUT2D eigenvalue weighted by atomic mass is 9.86. The van der Waals surface area contributed by atoms with Crippen LogP contribution in [0.1, 0.15) is 56.2 Å². The molecule has 1 aliphatic carbocycles. The second kappa shape index (κ2) is 9.59. The van der Waals surface area contributed by atoms with Gasteiger partial charge in [0.25, 0.3) is 0 Å². The van der Waals surface area contributed by atoms with E-state index < -0.39 is 0 Å². The topological polar surface area (TPSA) is 71.0 Å². The van der Waals surface area contributed by atoms with E-state index in [1.54, 1.807) is 0 Å². The average molecular weight is 450 g/mol. The van der Waals surface area contributed by atoms with Crippen molar-refractivity contribution in [2.75, 3.05) is 31.6 Å². The first kappa shape index (κ1) is 22.0. The largest absolute Gasteiger partial charge is 0.487 e. The number of pyridine rings is 1. The molecule has 0 bridgehead atoms. The van der Waals surface area contributed by atoms with Crippen molar-refractivity contribution in [2.45, 2.75) is 63.3 Å². The number of hydrogen-bond donors (Lipinski definition) is 2. The Morgan fingerprint density at radius 2 is 2.09 bits per heavy atom. The first-order chi connectivity index (χ1) is 16.1. The summed E-state index contributed by atoms with van der Waals surface area (Å²) in [7, 11) is 1.83. The maximum atomic E-state index is 6.51. The van der Waals surface area contributed by atoms with Crippen molar-refractivity contribution in [2.24, 2.45) is 4.99 Å². The van der Waals surface area contributed by atoms with Gasteiger partial charge in [-0.1, -0.05) is 18.2 Å². The van der Waals surface area contributed by atoms with E-state index in [0.717, 1.165) is 56.5 Å². The third-order valence-corrected chi connectivity index (χ3v) is 7.08. The smallest absolute Gasteiger partial charge is 0.191 e. The zero-order valence-corrected chi connectivity index (χ0v) is 19.7. The minimum absolute atomic E-state index is 0.0415. The number of rotatable bonds is 4. The van der Waals surface area contributed by atoms with Crippen LogP contribution in [0.25, 0.3) is 0 Å². The Bertz CT molecular complexity index is 988. The van der Waals surface area contributed by atoms with Gasteiger partial charge in [-0.2, -0.15) is 0 Å². The Labute approximate surface area is 196 Å². The maximum absolute atomic E-state index is 6.51. The SMILES string of the molecule is CN=C(NCc1ccnc(N2CCOC(C)C2)c1)NC1CC2(CCCC2)Oc2ccccc21. The van der Waals surface area contributed by atoms with Crippen LogP contribution in [0.2, 0.25) is 0 Å². The number of morpholine rings is 1. The summed E-state index contributed by atoms with van der Waals surface area (Å²) in [5.74, 6) is 2.83. The van der Waals surface area contributed by atoms with Crippen molar-refractivity contribution in [3.05, 3.63) is 53.7 Å². The molecule has 2 aliphatic heterocycles. The molecule has 3 heterocycles. The lowest BCUT2D eigenvalue weighted by Gasteiger charge is -2.40. The van der Waals surface area contributed by atoms with Gasteiger partial charge in [-0.05, 0) is 56.4 Å². The van der Waals surface area contributed by atoms with E-state index in [4.69, 9.17) is 9.47 Å². The van der Waals surface area contributed by atoms with E-state index in [9.17, 15) is 0 Å². The van der Waals surface area contributed by atoms with Crippen LogP contribution in [0.15, 0.2) is 47.6 Å². The zero-order chi connectivity index (χ0) is 22.7. The third kappa shape index (κ3) is 4.93. The van der Waals surface area contributed by atoms with E-state index in [1.165, 1.54) is 24.0 Å². The van der Waals surface area contributed by atoms with Crippen molar-refractivity contribution in [1.82, 2.24) is 15.6 Å². The van der Waals surface area contributed by atoms with E-state index in [1.807, 2.05) is 13.2 Å². The highest BCUT2D eigenvalue weighted by atomic mass is 16.5. The average Bonchev–Trinajstić information content (AvgIpc) is 3.29. The van der Waals surface area contributed by atoms with Gasteiger partial charge in [0, 0.05) is 44.9 Å². The lowest BCUT2D eigenvalue weighted by molar-refractivity contribution is 0.0396. The van der Waals surface area contributed by atoms with Gasteiger partial charge in [0.05, 0.1) is 18.8 Å². The number of aromatic nitrogens is 1. The Morgan fingerprint density at radius 1 is 1.24 bits per heavy atom. The predicted octanol–water partition coefficient (Wildman–Crippen LogP) is 3.81. The maximum Gasteiger partial charge on any atom is 0.191 e. The molecule has 2 fully saturated rings. The van der Waals surface area contributed by atoms with Gasteiger partial charge in [0.1, 0.15) is 17.2 Å². The van der Waals surface area contributed by atoms with Gasteiger partial charge in [-0.3, -0.25) is 4.99 Å². The fraction of sp³-hybridized carbons (Fsp3) is 0.538. The zero-order valence-electron chi connectivity index (χ0n) is 19.7. The molecule has 1 spiro atoms. The molecule has 5 rings (SSSR count). The molecule has 176 valence electrons. The highest BCUT2D eigenvalue weighted by molar-refractivity contribution is 5.80. The van der Waals surface area contributed by atoms with Crippen LogP contribution in [0.3, 0.4) is 0 Å². The minimum atomic E-state index is -0.0415. The molecule has 1 saturated carbocycles. The minimum Gasteiger partial charge on any atom is -0.487 e. The number of benzene rings is 1. The van der Waals surface area contributed by atoms with Gasteiger partial charge >= 0.3 is 0 Å². The van der Waals surface area contributed by atoms with E-state index >= 15 is 0 Å². The van der Waals surface area contributed by atoms with Crippen LogP contribution in [0, 0.1) is 0 Å². The molecule has 1 saturated heterocycles. The number of ether oxygens (including phenoxy) is 2. The fourth-order valence-corrected chi connectivity index (χ4v) is 5.39. The lowest BCUT2D eigenvalue weighted by Crippen LogP contribution is -2.46. The summed E-state index contributed by atoms with van der Waals surface area (Å²) in [5.41, 5.74) is 2.35. The normalized spacial score (nSPS) is 24.3. The van der Waals surface area contributed by atoms with Gasteiger partial charge < -0.3 is 25.0 Å². The van der Waals surface area contributed by atoms with Gasteiger partial charge in [0.15, 0.2) is 5.96 Å². The summed E-state index contributed by atoms with van der Waals surface area (Å²) in [6, 6.07) is 12.8. The van der Waals surface area contributed by atoms with Crippen LogP contribution in [0.5, 0.6) is 5.75 Å². The Morgan fingerprint density at radius 3 is 2.91 bits per heavy atom. The number of nitrogens with one attached hydrogen (secondary N) is 2. The number of guanidine groups is 1. The number of fused-ring (bicyclic) bond motifs is 1. The Balaban J connectivity index is 1.26. The summed E-state index contributed by atoms with van der Waals surface area (Å²) in [5, 5.41) is 7.19. The molecule has 7 nitrogen and oxygen atoms in total. The van der Waals surface area contributed by atoms with Crippen molar-refractivity contribution >= 4 is 11.8 Å². The molecular formula is C26H35N5O2. The van der Waals surface area contributed by atoms with Crippen LogP contribution in [-0.2, 0) is 11.3 Å². The van der Waals surface area contributed by atoms with Crippen LogP contribution < -0.4 is 20.3 Å². The van der Waals surface area contributed by atoms with E-state index in [-0.39, 0.29) is 17.7 Å². The molecule has 0 radical (unpaired) electrons. The van der Waals surface area contributed by atoms with Crippen molar-refractivity contribution < 1.29 is 9.47 Å². The summed E-state index contributed by atoms with van der Waals surface area (Å²) >= 11 is 0. The number of aliphatic imine (C=N–C) groups is 1. The summed E-state index contributed by atoms with van der Waals surface area (Å²) < 4.78 is 12.2. The molecule has 2 atom stereocenters. The molecule has 2 N–H and O–H groups in total. The van der Waals surface area contributed by atoms with Crippen LogP contribution in [-0.4, -0.2) is 49.4 Å². The van der Waals surface area contributed by atoms with E-state index in [2.05, 4.69) is 68.8 Å². The van der Waals surface area contributed by atoms with Gasteiger partial charge in [-0.25, -0.2) is 4.98 Å². The highest BCUT2D eigenvalue weighted by Crippen LogP contribution is 2.46. The number of para-hydroxylation sites is 1. The standard InChI is InChI=1S/C26H35N5O2/c1-19-18-31(13-14-32-19)24-15-20(9-12-28-24)17-29-25(27-2)30-22-16-26(10-5-6-11-26)33-23-8-4-3-7-21(22)23/h3-4,7-9,12,15,19,22H,5-6,10-11,13-14,16-18H2,1-2H3,(H2,27,29,30). The predicted molar refractivity (Wildman–Crippen MR) is 131 cm³/mol. The molecule has 0 amide bonds. The molecular weight excluding hydrogens is 414 g/mol. The van der Waals surface area contributed by atoms with E-state index in [0.29, 0.717) is 6.54 Å². The van der Waals surface area contributed by atoms with Crippen molar-refractivity contribution in [3.63, 3.8) is 0 Å². The quantitative estimate of drug-likeness (QED) is 0.546.